The zero-order valence-electron chi connectivity index (χ0n) is 12.6. The average molecular weight is 311 g/mol. The van der Waals surface area contributed by atoms with Gasteiger partial charge in [-0.25, -0.2) is 0 Å². The van der Waals surface area contributed by atoms with Crippen LogP contribution in [0.3, 0.4) is 0 Å². The van der Waals surface area contributed by atoms with Crippen molar-refractivity contribution in [3.63, 3.8) is 0 Å². The molecule has 1 unspecified atom stereocenters. The first-order valence-electron chi connectivity index (χ1n) is 7.34. The third kappa shape index (κ3) is 3.03. The van der Waals surface area contributed by atoms with Gasteiger partial charge in [-0.3, -0.25) is 9.69 Å². The first-order chi connectivity index (χ1) is 10.7. The van der Waals surface area contributed by atoms with Crippen molar-refractivity contribution in [3.8, 4) is 0 Å². The van der Waals surface area contributed by atoms with Gasteiger partial charge >= 0.3 is 0 Å². The molecule has 2 N–H and O–H groups in total. The fraction of sp³-hybridized carbons (Fsp3) is 0.278. The second-order valence-corrected chi connectivity index (χ2v) is 6.38. The molecule has 0 aromatic heterocycles. The number of primary amides is 1. The van der Waals surface area contributed by atoms with E-state index in [1.165, 1.54) is 16.0 Å². The highest BCUT2D eigenvalue weighted by atomic mass is 32.2. The summed E-state index contributed by atoms with van der Waals surface area (Å²) in [4.78, 5) is 15.4. The lowest BCUT2D eigenvalue weighted by Gasteiger charge is -2.35. The van der Waals surface area contributed by atoms with Crippen LogP contribution in [0.2, 0.25) is 0 Å². The van der Waals surface area contributed by atoms with E-state index >= 15 is 0 Å². The second kappa shape index (κ2) is 6.55. The van der Waals surface area contributed by atoms with E-state index in [1.807, 2.05) is 18.2 Å². The van der Waals surface area contributed by atoms with E-state index in [0.717, 1.165) is 25.1 Å². The second-order valence-electron chi connectivity index (χ2n) is 5.50. The topological polar surface area (TPSA) is 46.3 Å². The maximum absolute atomic E-state index is 12.0. The lowest BCUT2D eigenvalue weighted by Crippen LogP contribution is -2.42. The first-order valence-corrected chi connectivity index (χ1v) is 8.56. The minimum Gasteiger partial charge on any atom is -0.368 e. The van der Waals surface area contributed by atoms with Gasteiger partial charge in [-0.1, -0.05) is 30.3 Å². The average Bonchev–Trinajstić information content (AvgIpc) is 2.55. The molecule has 4 heteroatoms. The van der Waals surface area contributed by atoms with Crippen molar-refractivity contribution in [2.24, 2.45) is 5.73 Å². The van der Waals surface area contributed by atoms with E-state index in [1.54, 1.807) is 11.8 Å². The minimum atomic E-state index is -0.349. The predicted molar refractivity (Wildman–Crippen MR) is 89.6 cm³/mol. The van der Waals surface area contributed by atoms with Crippen molar-refractivity contribution in [1.29, 1.82) is 0 Å². The van der Waals surface area contributed by atoms with Crippen molar-refractivity contribution in [3.05, 3.63) is 65.2 Å². The molecular weight excluding hydrogens is 292 g/mol. The summed E-state index contributed by atoms with van der Waals surface area (Å²) in [6.07, 6.45) is 3.00. The molecule has 0 saturated carbocycles. The Bertz CT molecular complexity index is 669. The van der Waals surface area contributed by atoms with E-state index in [0.29, 0.717) is 0 Å². The molecule has 1 heterocycles. The molecule has 113 valence electrons. The molecular formula is C18H19N2OS. The Kier molecular flexibility index (Phi) is 4.50. The summed E-state index contributed by atoms with van der Waals surface area (Å²) in [5.41, 5.74) is 9.09. The van der Waals surface area contributed by atoms with Gasteiger partial charge < -0.3 is 5.73 Å². The molecule has 2 aromatic carbocycles. The van der Waals surface area contributed by atoms with Crippen molar-refractivity contribution >= 4 is 17.7 Å². The molecule has 1 amide bonds. The van der Waals surface area contributed by atoms with Gasteiger partial charge in [0.15, 0.2) is 0 Å². The quantitative estimate of drug-likeness (QED) is 0.883. The third-order valence-corrected chi connectivity index (χ3v) is 4.87. The van der Waals surface area contributed by atoms with Crippen LogP contribution in [0.4, 0.5) is 0 Å². The Morgan fingerprint density at radius 3 is 2.82 bits per heavy atom. The van der Waals surface area contributed by atoms with E-state index in [2.05, 4.69) is 41.5 Å². The standard InChI is InChI=1S/C18H19N2OS/c1-22-15-8-6-13(7-9-15)12-20-11-10-14-4-2-3-5-16(14)17(20)18(19)21/h3-9,17H,10-12H2,1H3,(H2,19,21). The van der Waals surface area contributed by atoms with Crippen LogP contribution >= 0.6 is 11.8 Å². The molecule has 1 aliphatic rings. The van der Waals surface area contributed by atoms with E-state index in [-0.39, 0.29) is 11.9 Å². The highest BCUT2D eigenvalue weighted by molar-refractivity contribution is 7.98. The van der Waals surface area contributed by atoms with Crippen molar-refractivity contribution < 1.29 is 4.79 Å². The van der Waals surface area contributed by atoms with Gasteiger partial charge in [0.05, 0.1) is 0 Å². The van der Waals surface area contributed by atoms with Crippen molar-refractivity contribution in [1.82, 2.24) is 4.90 Å². The van der Waals surface area contributed by atoms with Crippen LogP contribution in [0.1, 0.15) is 22.7 Å². The molecule has 0 bridgehead atoms. The van der Waals surface area contributed by atoms with E-state index < -0.39 is 0 Å². The number of thioether (sulfide) groups is 1. The molecule has 0 fully saturated rings. The predicted octanol–water partition coefficient (Wildman–Crippen LogP) is 2.79. The Morgan fingerprint density at radius 1 is 1.36 bits per heavy atom. The van der Waals surface area contributed by atoms with Crippen LogP contribution in [-0.2, 0) is 17.8 Å². The lowest BCUT2D eigenvalue weighted by atomic mass is 9.92. The van der Waals surface area contributed by atoms with Gasteiger partial charge in [-0.05, 0) is 47.6 Å². The van der Waals surface area contributed by atoms with E-state index in [4.69, 9.17) is 5.73 Å². The fourth-order valence-corrected chi connectivity index (χ4v) is 3.43. The maximum atomic E-state index is 12.0. The summed E-state index contributed by atoms with van der Waals surface area (Å²) in [6.45, 7) is 1.57. The number of nitrogens with zero attached hydrogens (tertiary/aromatic N) is 1. The van der Waals surface area contributed by atoms with Crippen LogP contribution in [0.5, 0.6) is 0 Å². The maximum Gasteiger partial charge on any atom is 0.239 e. The highest BCUT2D eigenvalue weighted by Gasteiger charge is 2.31. The summed E-state index contributed by atoms with van der Waals surface area (Å²) in [6, 6.07) is 17.0. The third-order valence-electron chi connectivity index (χ3n) is 4.13. The summed E-state index contributed by atoms with van der Waals surface area (Å²) in [7, 11) is 0. The molecule has 22 heavy (non-hydrogen) atoms. The van der Waals surface area contributed by atoms with Crippen LogP contribution in [0.25, 0.3) is 0 Å². The number of amides is 1. The molecule has 1 aliphatic heterocycles. The molecule has 1 atom stereocenters. The van der Waals surface area contributed by atoms with Gasteiger partial charge in [0.25, 0.3) is 0 Å². The first kappa shape index (κ1) is 15.1. The van der Waals surface area contributed by atoms with Crippen LogP contribution in [-0.4, -0.2) is 23.6 Å². The smallest absolute Gasteiger partial charge is 0.239 e. The summed E-state index contributed by atoms with van der Waals surface area (Å²) < 4.78 is 0. The molecule has 3 nitrogen and oxygen atoms in total. The van der Waals surface area contributed by atoms with Crippen molar-refractivity contribution in [2.75, 3.05) is 12.8 Å². The molecule has 0 aliphatic carbocycles. The molecule has 0 spiro atoms. The zero-order valence-corrected chi connectivity index (χ0v) is 13.4. The van der Waals surface area contributed by atoms with Crippen LogP contribution < -0.4 is 5.73 Å². The summed E-state index contributed by atoms with van der Waals surface area (Å²) in [5.74, 6) is -0.284. The number of carbonyl (C=O) groups is 1. The number of hydrogen-bond acceptors (Lipinski definition) is 3. The number of nitrogens with two attached hydrogens (primary N) is 1. The molecule has 2 aromatic rings. The number of benzene rings is 2. The van der Waals surface area contributed by atoms with Gasteiger partial charge in [-0.2, -0.15) is 0 Å². The molecule has 0 saturated heterocycles. The van der Waals surface area contributed by atoms with Crippen LogP contribution in [0.15, 0.2) is 47.4 Å². The number of rotatable bonds is 4. The fourth-order valence-electron chi connectivity index (χ4n) is 3.02. The van der Waals surface area contributed by atoms with Crippen molar-refractivity contribution in [2.45, 2.75) is 23.9 Å². The largest absolute Gasteiger partial charge is 0.368 e. The number of hydrogen-bond donors (Lipinski definition) is 1. The number of fused-ring (bicyclic) bond motifs is 1. The monoisotopic (exact) mass is 311 g/mol. The van der Waals surface area contributed by atoms with E-state index in [9.17, 15) is 4.79 Å². The molecule has 1 radical (unpaired) electrons. The Labute approximate surface area is 135 Å². The summed E-state index contributed by atoms with van der Waals surface area (Å²) >= 11 is 1.73. The normalized spacial score (nSPS) is 18.0. The minimum absolute atomic E-state index is 0.284. The Morgan fingerprint density at radius 2 is 2.14 bits per heavy atom. The van der Waals surface area contributed by atoms with Gasteiger partial charge in [-0.15, -0.1) is 11.8 Å². The van der Waals surface area contributed by atoms with Gasteiger partial charge in [0, 0.05) is 18.0 Å². The SMILES string of the molecule is CSc1ccc(CN2CCc3c[c]ccc3C2C(N)=O)cc1. The molecule has 3 rings (SSSR count). The Balaban J connectivity index is 1.85. The van der Waals surface area contributed by atoms with Gasteiger partial charge in [0.2, 0.25) is 5.91 Å². The van der Waals surface area contributed by atoms with Crippen LogP contribution in [0, 0.1) is 6.07 Å². The van der Waals surface area contributed by atoms with Gasteiger partial charge in [0.1, 0.15) is 6.04 Å². The number of carbonyl (C=O) groups excluding carboxylic acids is 1. The highest BCUT2D eigenvalue weighted by Crippen LogP contribution is 2.30. The zero-order chi connectivity index (χ0) is 15.5. The summed E-state index contributed by atoms with van der Waals surface area (Å²) in [5, 5.41) is 0. The lowest BCUT2D eigenvalue weighted by molar-refractivity contribution is -0.124. The Hall–Kier alpha value is -1.78.